The summed E-state index contributed by atoms with van der Waals surface area (Å²) in [6.07, 6.45) is 2.91. The molecule has 1 heterocycles. The van der Waals surface area contributed by atoms with Gasteiger partial charge in [-0.25, -0.2) is 8.78 Å². The molecule has 1 fully saturated rings. The minimum atomic E-state index is -0.794. The second kappa shape index (κ2) is 7.14. The lowest BCUT2D eigenvalue weighted by Crippen LogP contribution is -2.44. The molecular formula is C16H23F2NO. The van der Waals surface area contributed by atoms with Gasteiger partial charge in [-0.1, -0.05) is 19.9 Å². The molecular weight excluding hydrogens is 260 g/mol. The monoisotopic (exact) mass is 283 g/mol. The quantitative estimate of drug-likeness (QED) is 0.865. The highest BCUT2D eigenvalue weighted by Crippen LogP contribution is 2.25. The molecule has 4 heteroatoms. The van der Waals surface area contributed by atoms with E-state index in [1.807, 2.05) is 0 Å². The van der Waals surface area contributed by atoms with Crippen molar-refractivity contribution < 1.29 is 13.5 Å². The van der Waals surface area contributed by atoms with E-state index in [1.54, 1.807) is 6.07 Å². The predicted molar refractivity (Wildman–Crippen MR) is 75.7 cm³/mol. The number of nitrogens with one attached hydrogen (secondary N) is 1. The van der Waals surface area contributed by atoms with Crippen LogP contribution in [0.4, 0.5) is 8.78 Å². The Bertz CT molecular complexity index is 438. The van der Waals surface area contributed by atoms with Crippen LogP contribution in [-0.2, 0) is 11.2 Å². The highest BCUT2D eigenvalue weighted by atomic mass is 19.2. The Hall–Kier alpha value is -1.00. The van der Waals surface area contributed by atoms with Crippen molar-refractivity contribution >= 4 is 0 Å². The van der Waals surface area contributed by atoms with Crippen LogP contribution < -0.4 is 5.32 Å². The number of benzene rings is 1. The van der Waals surface area contributed by atoms with Gasteiger partial charge in [0.2, 0.25) is 0 Å². The van der Waals surface area contributed by atoms with Gasteiger partial charge in [0.1, 0.15) is 0 Å². The van der Waals surface area contributed by atoms with Crippen molar-refractivity contribution in [1.82, 2.24) is 5.32 Å². The maximum absolute atomic E-state index is 13.3. The van der Waals surface area contributed by atoms with Gasteiger partial charge in [0, 0.05) is 12.6 Å². The summed E-state index contributed by atoms with van der Waals surface area (Å²) in [6, 6.07) is 4.28. The highest BCUT2D eigenvalue weighted by molar-refractivity contribution is 5.19. The topological polar surface area (TPSA) is 21.3 Å². The molecule has 0 amide bonds. The lowest BCUT2D eigenvalue weighted by atomic mass is 9.92. The third-order valence-corrected chi connectivity index (χ3v) is 3.94. The summed E-state index contributed by atoms with van der Waals surface area (Å²) in [5.41, 5.74) is 0.806. The molecule has 0 bridgehead atoms. The Morgan fingerprint density at radius 3 is 2.75 bits per heavy atom. The molecule has 3 atom stereocenters. The van der Waals surface area contributed by atoms with E-state index in [0.717, 1.165) is 31.6 Å². The van der Waals surface area contributed by atoms with Crippen LogP contribution in [0.1, 0.15) is 32.3 Å². The van der Waals surface area contributed by atoms with Gasteiger partial charge in [-0.05, 0) is 49.4 Å². The number of ether oxygens (including phenoxy) is 1. The van der Waals surface area contributed by atoms with Gasteiger partial charge in [0.05, 0.1) is 6.10 Å². The second-order valence-electron chi connectivity index (χ2n) is 5.61. The van der Waals surface area contributed by atoms with Crippen molar-refractivity contribution in [1.29, 1.82) is 0 Å². The van der Waals surface area contributed by atoms with Gasteiger partial charge in [0.25, 0.3) is 0 Å². The smallest absolute Gasteiger partial charge is 0.159 e. The van der Waals surface area contributed by atoms with Crippen LogP contribution in [0.2, 0.25) is 0 Å². The number of hydrogen-bond donors (Lipinski definition) is 1. The maximum Gasteiger partial charge on any atom is 0.159 e. The van der Waals surface area contributed by atoms with Crippen molar-refractivity contribution in [3.63, 3.8) is 0 Å². The molecule has 1 aromatic rings. The largest absolute Gasteiger partial charge is 0.376 e. The van der Waals surface area contributed by atoms with Gasteiger partial charge in [-0.2, -0.15) is 0 Å². The van der Waals surface area contributed by atoms with Gasteiger partial charge in [-0.3, -0.25) is 0 Å². The number of rotatable bonds is 6. The normalized spacial score (nSPS) is 24.0. The lowest BCUT2D eigenvalue weighted by molar-refractivity contribution is 0.0610. The molecule has 2 rings (SSSR count). The average molecular weight is 283 g/mol. The van der Waals surface area contributed by atoms with Crippen LogP contribution >= 0.6 is 0 Å². The Morgan fingerprint density at radius 1 is 1.35 bits per heavy atom. The molecule has 0 saturated carbocycles. The molecule has 0 aromatic heterocycles. The van der Waals surface area contributed by atoms with Crippen LogP contribution in [0.3, 0.4) is 0 Å². The van der Waals surface area contributed by atoms with Gasteiger partial charge in [-0.15, -0.1) is 0 Å². The average Bonchev–Trinajstić information content (AvgIpc) is 2.85. The molecule has 1 aromatic carbocycles. The van der Waals surface area contributed by atoms with E-state index in [0.29, 0.717) is 12.3 Å². The minimum absolute atomic E-state index is 0.148. The van der Waals surface area contributed by atoms with Crippen molar-refractivity contribution in [2.75, 3.05) is 13.2 Å². The minimum Gasteiger partial charge on any atom is -0.376 e. The first-order chi connectivity index (χ1) is 9.61. The fourth-order valence-electron chi connectivity index (χ4n) is 2.79. The summed E-state index contributed by atoms with van der Waals surface area (Å²) < 4.78 is 32.1. The fourth-order valence-corrected chi connectivity index (χ4v) is 2.79. The van der Waals surface area contributed by atoms with E-state index in [1.165, 1.54) is 12.1 Å². The van der Waals surface area contributed by atoms with E-state index in [4.69, 9.17) is 4.74 Å². The highest BCUT2D eigenvalue weighted by Gasteiger charge is 2.31. The molecule has 0 spiro atoms. The first-order valence-electron chi connectivity index (χ1n) is 7.40. The maximum atomic E-state index is 13.3. The summed E-state index contributed by atoms with van der Waals surface area (Å²) in [5, 5.41) is 3.48. The first-order valence-corrected chi connectivity index (χ1v) is 7.40. The third kappa shape index (κ3) is 3.76. The Kier molecular flexibility index (Phi) is 5.49. The molecule has 1 aliphatic heterocycles. The molecule has 0 radical (unpaired) electrons. The Labute approximate surface area is 119 Å². The number of hydrogen-bond acceptors (Lipinski definition) is 2. The van der Waals surface area contributed by atoms with Crippen molar-refractivity contribution in [3.8, 4) is 0 Å². The van der Waals surface area contributed by atoms with E-state index < -0.39 is 11.6 Å². The summed E-state index contributed by atoms with van der Waals surface area (Å²) >= 11 is 0. The SMILES string of the molecule is CCCNC(Cc1ccc(F)c(F)c1)C1OCCC1C. The Morgan fingerprint density at radius 2 is 2.15 bits per heavy atom. The molecule has 112 valence electrons. The molecule has 2 nitrogen and oxygen atoms in total. The van der Waals surface area contributed by atoms with Gasteiger partial charge in [0.15, 0.2) is 11.6 Å². The van der Waals surface area contributed by atoms with Crippen molar-refractivity contribution in [3.05, 3.63) is 35.4 Å². The van der Waals surface area contributed by atoms with Crippen LogP contribution in [0.5, 0.6) is 0 Å². The van der Waals surface area contributed by atoms with Crippen molar-refractivity contribution in [2.45, 2.75) is 45.3 Å². The van der Waals surface area contributed by atoms with Crippen LogP contribution in [-0.4, -0.2) is 25.3 Å². The predicted octanol–water partition coefficient (Wildman–Crippen LogP) is 3.30. The van der Waals surface area contributed by atoms with Crippen LogP contribution in [0.15, 0.2) is 18.2 Å². The molecule has 3 unspecified atom stereocenters. The standard InChI is InChI=1S/C16H23F2NO/c1-3-7-19-15(16-11(2)6-8-20-16)10-12-4-5-13(17)14(18)9-12/h4-5,9,11,15-16,19H,3,6-8,10H2,1-2H3. The summed E-state index contributed by atoms with van der Waals surface area (Å²) in [5.74, 6) is -1.08. The number of halogens is 2. The Balaban J connectivity index is 2.08. The van der Waals surface area contributed by atoms with E-state index in [9.17, 15) is 8.78 Å². The fraction of sp³-hybridized carbons (Fsp3) is 0.625. The van der Waals surface area contributed by atoms with Gasteiger partial charge >= 0.3 is 0 Å². The molecule has 1 aliphatic rings. The zero-order valence-electron chi connectivity index (χ0n) is 12.2. The lowest BCUT2D eigenvalue weighted by Gasteiger charge is -2.27. The zero-order valence-corrected chi connectivity index (χ0v) is 12.2. The van der Waals surface area contributed by atoms with E-state index in [-0.39, 0.29) is 12.1 Å². The summed E-state index contributed by atoms with van der Waals surface area (Å²) in [4.78, 5) is 0. The first kappa shape index (κ1) is 15.4. The summed E-state index contributed by atoms with van der Waals surface area (Å²) in [7, 11) is 0. The molecule has 20 heavy (non-hydrogen) atoms. The van der Waals surface area contributed by atoms with E-state index in [2.05, 4.69) is 19.2 Å². The second-order valence-corrected chi connectivity index (χ2v) is 5.61. The molecule has 1 saturated heterocycles. The van der Waals surface area contributed by atoms with Crippen molar-refractivity contribution in [2.24, 2.45) is 5.92 Å². The third-order valence-electron chi connectivity index (χ3n) is 3.94. The van der Waals surface area contributed by atoms with E-state index >= 15 is 0 Å². The molecule has 0 aliphatic carbocycles. The van der Waals surface area contributed by atoms with Gasteiger partial charge < -0.3 is 10.1 Å². The van der Waals surface area contributed by atoms with Crippen LogP contribution in [0, 0.1) is 17.6 Å². The zero-order chi connectivity index (χ0) is 14.5. The molecule has 1 N–H and O–H groups in total. The van der Waals surface area contributed by atoms with Crippen LogP contribution in [0.25, 0.3) is 0 Å². The summed E-state index contributed by atoms with van der Waals surface area (Å²) in [6.45, 7) is 5.99.